The number of aliphatic carboxylic acids is 1. The number of para-hydroxylation sites is 2. The topological polar surface area (TPSA) is 101 Å². The third-order valence-corrected chi connectivity index (χ3v) is 9.28. The highest BCUT2D eigenvalue weighted by molar-refractivity contribution is 7.79. The number of nitrogens with one attached hydrogen (secondary N) is 1. The van der Waals surface area contributed by atoms with Crippen LogP contribution in [0.25, 0.3) is 27.7 Å². The molecule has 228 valence electrons. The third kappa shape index (κ3) is 6.49. The van der Waals surface area contributed by atoms with E-state index < -0.39 is 5.97 Å². The Morgan fingerprint density at radius 1 is 0.851 bits per heavy atom. The van der Waals surface area contributed by atoms with E-state index in [1.54, 1.807) is 29.5 Å². The molecule has 47 heavy (non-hydrogen) atoms. The second-order valence-electron chi connectivity index (χ2n) is 10.8. The maximum Gasteiger partial charge on any atom is 0.346 e. The van der Waals surface area contributed by atoms with Crippen molar-refractivity contribution in [1.82, 2.24) is 0 Å². The number of carboxylic acid groups (broad SMARTS) is 1. The number of aryl methyl sites for hydroxylation is 1. The Labute approximate surface area is 282 Å². The quantitative estimate of drug-likeness (QED) is 0.0675. The summed E-state index contributed by atoms with van der Waals surface area (Å²) < 4.78 is 4.18. The van der Waals surface area contributed by atoms with Crippen LogP contribution in [0.4, 0.5) is 17.1 Å². The van der Waals surface area contributed by atoms with Gasteiger partial charge in [-0.2, -0.15) is 5.26 Å². The van der Waals surface area contributed by atoms with E-state index in [2.05, 4.69) is 83.6 Å². The van der Waals surface area contributed by atoms with Gasteiger partial charge in [-0.25, -0.2) is 9.19 Å². The Bertz CT molecular complexity index is 2100. The van der Waals surface area contributed by atoms with E-state index in [0.29, 0.717) is 11.3 Å². The molecule has 1 aliphatic rings. The number of nitriles is 1. The van der Waals surface area contributed by atoms with Crippen LogP contribution in [0.3, 0.4) is 0 Å². The van der Waals surface area contributed by atoms with Crippen LogP contribution < -0.4 is 4.90 Å². The van der Waals surface area contributed by atoms with Gasteiger partial charge in [0, 0.05) is 38.0 Å². The van der Waals surface area contributed by atoms with Crippen LogP contribution >= 0.6 is 24.2 Å². The number of nitrogens with zero attached hydrogens (tertiary/aromatic N) is 3. The molecule has 1 aromatic heterocycles. The number of anilines is 3. The van der Waals surface area contributed by atoms with Crippen molar-refractivity contribution >= 4 is 75.8 Å². The summed E-state index contributed by atoms with van der Waals surface area (Å²) in [5.41, 5.74) is 8.68. The molecule has 0 amide bonds. The van der Waals surface area contributed by atoms with Gasteiger partial charge in [0.15, 0.2) is 0 Å². The fourth-order valence-electron chi connectivity index (χ4n) is 5.47. The highest BCUT2D eigenvalue weighted by Gasteiger charge is 2.24. The Morgan fingerprint density at radius 2 is 1.40 bits per heavy atom. The van der Waals surface area contributed by atoms with Crippen molar-refractivity contribution < 1.29 is 9.90 Å². The summed E-state index contributed by atoms with van der Waals surface area (Å²) in [6, 6.07) is 40.1. The molecular weight excluding hydrogens is 621 g/mol. The van der Waals surface area contributed by atoms with Gasteiger partial charge < -0.3 is 10.0 Å². The van der Waals surface area contributed by atoms with Crippen LogP contribution in [-0.2, 0) is 4.79 Å². The lowest BCUT2D eigenvalue weighted by atomic mass is 9.88. The lowest BCUT2D eigenvalue weighted by molar-refractivity contribution is -0.132. The molecule has 0 saturated heterocycles. The Balaban J connectivity index is 1.29. The zero-order chi connectivity index (χ0) is 32.9. The number of allylic oxidation sites excluding steroid dienone is 4. The van der Waals surface area contributed by atoms with E-state index in [1.807, 2.05) is 60.7 Å². The molecule has 2 N–H and O–H groups in total. The van der Waals surface area contributed by atoms with Gasteiger partial charge in [-0.05, 0) is 90.5 Å². The summed E-state index contributed by atoms with van der Waals surface area (Å²) in [5.74, 6) is -1.27. The molecule has 0 atom stereocenters. The number of benzene rings is 4. The van der Waals surface area contributed by atoms with Gasteiger partial charge in [0.1, 0.15) is 17.4 Å². The van der Waals surface area contributed by atoms with Crippen LogP contribution in [0.1, 0.15) is 21.6 Å². The Morgan fingerprint density at radius 3 is 1.96 bits per heavy atom. The minimum Gasteiger partial charge on any atom is -0.477 e. The third-order valence-electron chi connectivity index (χ3n) is 7.76. The number of thiophene rings is 1. The van der Waals surface area contributed by atoms with Crippen molar-refractivity contribution in [1.29, 1.82) is 10.7 Å². The first-order chi connectivity index (χ1) is 22.9. The summed E-state index contributed by atoms with van der Waals surface area (Å²) >= 11 is 5.85. The SMILES string of the molecule is Cc1cc(C2=CC=C(c3ccc(/C=C(\C#N)C(=O)O)cc3)C(=NS)C2=N)sc1-c1ccc(N(c2ccccc2)c2ccccc2)cc1. The summed E-state index contributed by atoms with van der Waals surface area (Å²) in [4.78, 5) is 15.5. The van der Waals surface area contributed by atoms with Crippen molar-refractivity contribution in [3.05, 3.63) is 155 Å². The normalized spacial score (nSPS) is 13.9. The summed E-state index contributed by atoms with van der Waals surface area (Å²) in [5, 5.41) is 27.3. The van der Waals surface area contributed by atoms with Gasteiger partial charge >= 0.3 is 5.97 Å². The van der Waals surface area contributed by atoms with E-state index >= 15 is 0 Å². The number of hydrogen-bond donors (Lipinski definition) is 3. The van der Waals surface area contributed by atoms with Crippen LogP contribution in [0.15, 0.2) is 137 Å². The van der Waals surface area contributed by atoms with Crippen molar-refractivity contribution in [3.63, 3.8) is 0 Å². The van der Waals surface area contributed by atoms with Gasteiger partial charge in [-0.3, -0.25) is 5.41 Å². The maximum absolute atomic E-state index is 11.2. The minimum absolute atomic E-state index is 0.267. The highest BCUT2D eigenvalue weighted by atomic mass is 32.1. The fraction of sp³-hybridized carbons (Fsp3) is 0.0256. The van der Waals surface area contributed by atoms with Gasteiger partial charge in [-0.1, -0.05) is 84.9 Å². The van der Waals surface area contributed by atoms with Crippen LogP contribution in [0.2, 0.25) is 0 Å². The first-order valence-corrected chi connectivity index (χ1v) is 15.9. The zero-order valence-corrected chi connectivity index (χ0v) is 27.0. The van der Waals surface area contributed by atoms with Gasteiger partial charge in [0.05, 0.1) is 5.71 Å². The van der Waals surface area contributed by atoms with E-state index in [4.69, 9.17) is 15.8 Å². The molecule has 0 spiro atoms. The average Bonchev–Trinajstić information content (AvgIpc) is 3.49. The van der Waals surface area contributed by atoms with E-state index in [9.17, 15) is 4.79 Å². The van der Waals surface area contributed by atoms with E-state index in [1.165, 1.54) is 6.08 Å². The maximum atomic E-state index is 11.2. The largest absolute Gasteiger partial charge is 0.477 e. The molecule has 0 bridgehead atoms. The van der Waals surface area contributed by atoms with Crippen LogP contribution in [0, 0.1) is 23.7 Å². The number of hydrogen-bond acceptors (Lipinski definition) is 7. The molecule has 0 radical (unpaired) electrons. The van der Waals surface area contributed by atoms with Crippen molar-refractivity contribution in [2.45, 2.75) is 6.92 Å². The van der Waals surface area contributed by atoms with E-state index in [-0.39, 0.29) is 11.3 Å². The summed E-state index contributed by atoms with van der Waals surface area (Å²) in [7, 11) is 0. The smallest absolute Gasteiger partial charge is 0.346 e. The Hall–Kier alpha value is -5.75. The molecule has 4 aromatic carbocycles. The monoisotopic (exact) mass is 648 g/mol. The van der Waals surface area contributed by atoms with E-state index in [0.717, 1.165) is 54.7 Å². The molecule has 1 heterocycles. The molecule has 8 heteroatoms. The van der Waals surface area contributed by atoms with Crippen molar-refractivity contribution in [2.24, 2.45) is 4.40 Å². The minimum atomic E-state index is -1.27. The van der Waals surface area contributed by atoms with Crippen molar-refractivity contribution in [2.75, 3.05) is 4.90 Å². The summed E-state index contributed by atoms with van der Waals surface area (Å²) in [6.45, 7) is 2.09. The standard InChI is InChI=1S/C39H28N4O2S2/c1-25-22-35(34-21-20-33(37(42-46)36(34)41)27-14-12-26(13-15-27)23-29(24-40)39(44)45)47-38(25)28-16-18-32(19-17-28)43(30-8-4-2-5-9-30)31-10-6-3-7-11-31/h2-23,41,46H,1H3,(H,44,45)/b29-23+,41-36?,42-37?. The fourth-order valence-corrected chi connectivity index (χ4v) is 6.88. The van der Waals surface area contributed by atoms with Gasteiger partial charge in [0.2, 0.25) is 0 Å². The lowest BCUT2D eigenvalue weighted by Crippen LogP contribution is -2.19. The molecule has 0 unspecified atom stereocenters. The van der Waals surface area contributed by atoms with Crippen LogP contribution in [-0.4, -0.2) is 22.5 Å². The molecule has 6 nitrogen and oxygen atoms in total. The number of rotatable bonds is 8. The molecule has 5 aromatic rings. The zero-order valence-electron chi connectivity index (χ0n) is 25.3. The highest BCUT2D eigenvalue weighted by Crippen LogP contribution is 2.40. The number of thiol groups is 1. The second-order valence-corrected chi connectivity index (χ2v) is 12.0. The summed E-state index contributed by atoms with van der Waals surface area (Å²) in [6.07, 6.45) is 5.18. The first-order valence-electron chi connectivity index (χ1n) is 14.7. The second kappa shape index (κ2) is 13.7. The first kappa shape index (κ1) is 31.2. The predicted molar refractivity (Wildman–Crippen MR) is 197 cm³/mol. The number of carboxylic acids is 1. The molecule has 0 aliphatic heterocycles. The average molecular weight is 649 g/mol. The Kier molecular flexibility index (Phi) is 9.11. The van der Waals surface area contributed by atoms with Gasteiger partial charge in [0.25, 0.3) is 0 Å². The van der Waals surface area contributed by atoms with Gasteiger partial charge in [-0.15, -0.1) is 11.3 Å². The molecule has 0 fully saturated rings. The van der Waals surface area contributed by atoms with Crippen molar-refractivity contribution in [3.8, 4) is 16.5 Å². The molecular formula is C39H28N4O2S2. The number of carbonyl (C=O) groups is 1. The molecule has 6 rings (SSSR count). The predicted octanol–water partition coefficient (Wildman–Crippen LogP) is 9.97. The molecule has 0 saturated carbocycles. The lowest BCUT2D eigenvalue weighted by Gasteiger charge is -2.25. The van der Waals surface area contributed by atoms with Crippen LogP contribution in [0.5, 0.6) is 0 Å². The molecule has 1 aliphatic carbocycles.